The summed E-state index contributed by atoms with van der Waals surface area (Å²) in [7, 11) is 0. The van der Waals surface area contributed by atoms with Crippen molar-refractivity contribution in [2.24, 2.45) is 11.8 Å². The van der Waals surface area contributed by atoms with E-state index in [9.17, 15) is 0 Å². The topological polar surface area (TPSA) is 38.0 Å². The molecule has 2 heteroatoms. The summed E-state index contributed by atoms with van der Waals surface area (Å²) in [5.74, 6) is 6.44. The molecule has 0 aliphatic carbocycles. The van der Waals surface area contributed by atoms with E-state index >= 15 is 0 Å². The summed E-state index contributed by atoms with van der Waals surface area (Å²) in [4.78, 5) is 0. The summed E-state index contributed by atoms with van der Waals surface area (Å²) < 4.78 is 0. The van der Waals surface area contributed by atoms with Crippen molar-refractivity contribution in [3.63, 3.8) is 0 Å². The zero-order chi connectivity index (χ0) is 13.5. The molecule has 1 rings (SSSR count). The molecular weight excluding hydrogens is 220 g/mol. The van der Waals surface area contributed by atoms with Crippen molar-refractivity contribution >= 4 is 0 Å². The maximum absolute atomic E-state index is 5.70. The minimum atomic E-state index is 0.382. The summed E-state index contributed by atoms with van der Waals surface area (Å²) in [5, 5.41) is 0. The molecule has 0 spiro atoms. The third-order valence-electron chi connectivity index (χ3n) is 3.68. The second-order valence-electron chi connectivity index (χ2n) is 5.63. The highest BCUT2D eigenvalue weighted by atomic mass is 15.2. The number of aryl methyl sites for hydroxylation is 2. The number of nitrogens with two attached hydrogens (primary N) is 1. The standard InChI is InChI=1S/C16H28N2/c1-5-6-12(2)10-16(18-17)11-15-9-13(3)7-8-14(15)4/h7-9,12,16,18H,5-6,10-11,17H2,1-4H3. The first-order chi connectivity index (χ1) is 8.56. The molecule has 2 nitrogen and oxygen atoms in total. The molecule has 1 aromatic rings. The van der Waals surface area contributed by atoms with Gasteiger partial charge < -0.3 is 0 Å². The van der Waals surface area contributed by atoms with Gasteiger partial charge in [-0.05, 0) is 43.7 Å². The van der Waals surface area contributed by atoms with Crippen molar-refractivity contribution in [3.8, 4) is 0 Å². The van der Waals surface area contributed by atoms with Crippen LogP contribution in [-0.4, -0.2) is 6.04 Å². The van der Waals surface area contributed by atoms with E-state index < -0.39 is 0 Å². The van der Waals surface area contributed by atoms with E-state index in [-0.39, 0.29) is 0 Å². The first-order valence-corrected chi connectivity index (χ1v) is 7.09. The van der Waals surface area contributed by atoms with Gasteiger partial charge >= 0.3 is 0 Å². The smallest absolute Gasteiger partial charge is 0.0253 e. The Morgan fingerprint density at radius 2 is 2.00 bits per heavy atom. The first kappa shape index (κ1) is 15.2. The van der Waals surface area contributed by atoms with Crippen molar-refractivity contribution < 1.29 is 0 Å². The molecule has 0 amide bonds. The molecular formula is C16H28N2. The number of benzene rings is 1. The lowest BCUT2D eigenvalue weighted by Crippen LogP contribution is -2.38. The molecule has 0 heterocycles. The van der Waals surface area contributed by atoms with Crippen molar-refractivity contribution in [2.75, 3.05) is 0 Å². The van der Waals surface area contributed by atoms with E-state index in [1.807, 2.05) is 0 Å². The molecule has 1 aromatic carbocycles. The zero-order valence-corrected chi connectivity index (χ0v) is 12.3. The Morgan fingerprint density at radius 1 is 1.28 bits per heavy atom. The van der Waals surface area contributed by atoms with Crippen LogP contribution in [0.5, 0.6) is 0 Å². The van der Waals surface area contributed by atoms with Gasteiger partial charge in [0.25, 0.3) is 0 Å². The van der Waals surface area contributed by atoms with Crippen molar-refractivity contribution in [1.82, 2.24) is 5.43 Å². The highest BCUT2D eigenvalue weighted by Gasteiger charge is 2.13. The number of hydrogen-bond donors (Lipinski definition) is 2. The first-order valence-electron chi connectivity index (χ1n) is 7.09. The van der Waals surface area contributed by atoms with Crippen LogP contribution in [0, 0.1) is 19.8 Å². The fourth-order valence-electron chi connectivity index (χ4n) is 2.59. The predicted molar refractivity (Wildman–Crippen MR) is 79.4 cm³/mol. The van der Waals surface area contributed by atoms with Gasteiger partial charge in [-0.3, -0.25) is 11.3 Å². The SMILES string of the molecule is CCCC(C)CC(Cc1cc(C)ccc1C)NN. The highest BCUT2D eigenvalue weighted by Crippen LogP contribution is 2.18. The zero-order valence-electron chi connectivity index (χ0n) is 12.3. The summed E-state index contributed by atoms with van der Waals surface area (Å²) in [6, 6.07) is 7.04. The average Bonchev–Trinajstić information content (AvgIpc) is 2.33. The Bertz CT molecular complexity index is 360. The van der Waals surface area contributed by atoms with Gasteiger partial charge in [-0.2, -0.15) is 0 Å². The van der Waals surface area contributed by atoms with Crippen LogP contribution in [0.15, 0.2) is 18.2 Å². The number of nitrogens with one attached hydrogen (secondary N) is 1. The molecule has 0 aliphatic rings. The van der Waals surface area contributed by atoms with Crippen molar-refractivity contribution in [3.05, 3.63) is 34.9 Å². The fraction of sp³-hybridized carbons (Fsp3) is 0.625. The highest BCUT2D eigenvalue weighted by molar-refractivity contribution is 5.31. The van der Waals surface area contributed by atoms with E-state index in [4.69, 9.17) is 5.84 Å². The summed E-state index contributed by atoms with van der Waals surface area (Å²) >= 11 is 0. The lowest BCUT2D eigenvalue weighted by molar-refractivity contribution is 0.384. The minimum Gasteiger partial charge on any atom is -0.271 e. The third-order valence-corrected chi connectivity index (χ3v) is 3.68. The second kappa shape index (κ2) is 7.55. The van der Waals surface area contributed by atoms with Crippen LogP contribution >= 0.6 is 0 Å². The molecule has 102 valence electrons. The van der Waals surface area contributed by atoms with Gasteiger partial charge in [0, 0.05) is 6.04 Å². The molecule has 0 aromatic heterocycles. The maximum Gasteiger partial charge on any atom is 0.0253 e. The van der Waals surface area contributed by atoms with Gasteiger partial charge in [-0.1, -0.05) is 50.5 Å². The Hall–Kier alpha value is -0.860. The van der Waals surface area contributed by atoms with Crippen LogP contribution in [0.25, 0.3) is 0 Å². The van der Waals surface area contributed by atoms with Gasteiger partial charge in [0.2, 0.25) is 0 Å². The number of rotatable bonds is 7. The van der Waals surface area contributed by atoms with E-state index in [0.717, 1.165) is 18.8 Å². The fourth-order valence-corrected chi connectivity index (χ4v) is 2.59. The van der Waals surface area contributed by atoms with Gasteiger partial charge in [0.1, 0.15) is 0 Å². The molecule has 0 aliphatic heterocycles. The van der Waals surface area contributed by atoms with Crippen molar-refractivity contribution in [2.45, 2.75) is 59.4 Å². The van der Waals surface area contributed by atoms with Crippen molar-refractivity contribution in [1.29, 1.82) is 0 Å². The maximum atomic E-state index is 5.70. The van der Waals surface area contributed by atoms with Crippen LogP contribution in [0.3, 0.4) is 0 Å². The van der Waals surface area contributed by atoms with Crippen LogP contribution < -0.4 is 11.3 Å². The molecule has 2 atom stereocenters. The van der Waals surface area contributed by atoms with Gasteiger partial charge in [0.15, 0.2) is 0 Å². The third kappa shape index (κ3) is 4.79. The lowest BCUT2D eigenvalue weighted by atomic mass is 9.92. The summed E-state index contributed by atoms with van der Waals surface area (Å²) in [5.41, 5.74) is 7.10. The van der Waals surface area contributed by atoms with Crippen LogP contribution in [-0.2, 0) is 6.42 Å². The minimum absolute atomic E-state index is 0.382. The molecule has 0 bridgehead atoms. The Morgan fingerprint density at radius 3 is 2.61 bits per heavy atom. The molecule has 0 fully saturated rings. The predicted octanol–water partition coefficient (Wildman–Crippen LogP) is 3.50. The molecule has 0 radical (unpaired) electrons. The van der Waals surface area contributed by atoms with Gasteiger partial charge in [-0.15, -0.1) is 0 Å². The van der Waals surface area contributed by atoms with E-state index in [1.165, 1.54) is 29.5 Å². The second-order valence-corrected chi connectivity index (χ2v) is 5.63. The molecule has 0 saturated heterocycles. The average molecular weight is 248 g/mol. The summed E-state index contributed by atoms with van der Waals surface area (Å²) in [6.07, 6.45) is 4.71. The molecule has 0 saturated carbocycles. The van der Waals surface area contributed by atoms with Gasteiger partial charge in [-0.25, -0.2) is 0 Å². The number of hydrogen-bond acceptors (Lipinski definition) is 2. The monoisotopic (exact) mass is 248 g/mol. The molecule has 3 N–H and O–H groups in total. The van der Waals surface area contributed by atoms with Crippen LogP contribution in [0.1, 0.15) is 49.8 Å². The largest absolute Gasteiger partial charge is 0.271 e. The van der Waals surface area contributed by atoms with Crippen LogP contribution in [0.4, 0.5) is 0 Å². The quantitative estimate of drug-likeness (QED) is 0.572. The molecule has 18 heavy (non-hydrogen) atoms. The lowest BCUT2D eigenvalue weighted by Gasteiger charge is -2.21. The van der Waals surface area contributed by atoms with E-state index in [1.54, 1.807) is 0 Å². The van der Waals surface area contributed by atoms with E-state index in [2.05, 4.69) is 51.3 Å². The Kier molecular flexibility index (Phi) is 6.37. The van der Waals surface area contributed by atoms with Gasteiger partial charge in [0.05, 0.1) is 0 Å². The summed E-state index contributed by atoms with van der Waals surface area (Å²) in [6.45, 7) is 8.88. The number of hydrazine groups is 1. The Labute approximate surface area is 112 Å². The van der Waals surface area contributed by atoms with Crippen LogP contribution in [0.2, 0.25) is 0 Å². The van der Waals surface area contributed by atoms with E-state index in [0.29, 0.717) is 6.04 Å². The molecule has 2 unspecified atom stereocenters. The Balaban J connectivity index is 2.64. The normalized spacial score (nSPS) is 14.5.